The SMILES string of the molecule is CC(C)(C)COP(c1ccccc1)c1ccccc1.Cl. The maximum Gasteiger partial charge on any atom is 0.0917 e. The number of benzene rings is 2. The van der Waals surface area contributed by atoms with E-state index in [1.807, 2.05) is 12.1 Å². The van der Waals surface area contributed by atoms with Crippen molar-refractivity contribution in [3.63, 3.8) is 0 Å². The lowest BCUT2D eigenvalue weighted by molar-refractivity contribution is 0.220. The maximum atomic E-state index is 6.24. The van der Waals surface area contributed by atoms with Crippen LogP contribution in [0.4, 0.5) is 0 Å². The van der Waals surface area contributed by atoms with Gasteiger partial charge in [-0.15, -0.1) is 12.4 Å². The first-order valence-electron chi connectivity index (χ1n) is 6.59. The van der Waals surface area contributed by atoms with E-state index >= 15 is 0 Å². The monoisotopic (exact) mass is 308 g/mol. The Hall–Kier alpha value is -0.880. The lowest BCUT2D eigenvalue weighted by atomic mass is 9.99. The Morgan fingerprint density at radius 3 is 1.55 bits per heavy atom. The third-order valence-corrected chi connectivity index (χ3v) is 4.53. The van der Waals surface area contributed by atoms with Crippen LogP contribution in [-0.2, 0) is 4.52 Å². The van der Waals surface area contributed by atoms with Crippen LogP contribution >= 0.6 is 20.6 Å². The van der Waals surface area contributed by atoms with Gasteiger partial charge in [0.05, 0.1) is 14.8 Å². The van der Waals surface area contributed by atoms with E-state index in [1.165, 1.54) is 10.6 Å². The van der Waals surface area contributed by atoms with Gasteiger partial charge in [-0.25, -0.2) is 0 Å². The van der Waals surface area contributed by atoms with Crippen molar-refractivity contribution in [1.82, 2.24) is 0 Å². The first kappa shape index (κ1) is 17.2. The molecular formula is C17H22ClOP. The molecule has 0 spiro atoms. The molecule has 2 rings (SSSR count). The standard InChI is InChI=1S/C17H21OP.ClH/c1-17(2,3)14-18-19(15-10-6-4-7-11-15)16-12-8-5-9-13-16;/h4-13H,14H2,1-3H3;1H. The Morgan fingerprint density at radius 2 is 1.20 bits per heavy atom. The van der Waals surface area contributed by atoms with Crippen LogP contribution in [-0.4, -0.2) is 6.61 Å². The zero-order chi connectivity index (χ0) is 13.7. The molecule has 0 aliphatic carbocycles. The lowest BCUT2D eigenvalue weighted by Crippen LogP contribution is -2.19. The van der Waals surface area contributed by atoms with Gasteiger partial charge in [0.2, 0.25) is 0 Å². The molecule has 0 aromatic heterocycles. The molecule has 0 aliphatic heterocycles. The molecule has 108 valence electrons. The van der Waals surface area contributed by atoms with E-state index in [4.69, 9.17) is 4.52 Å². The van der Waals surface area contributed by atoms with Crippen molar-refractivity contribution >= 4 is 31.2 Å². The first-order chi connectivity index (χ1) is 9.06. The number of rotatable bonds is 4. The maximum absolute atomic E-state index is 6.24. The number of hydrogen-bond donors (Lipinski definition) is 0. The molecule has 0 saturated heterocycles. The summed E-state index contributed by atoms with van der Waals surface area (Å²) < 4.78 is 6.24. The van der Waals surface area contributed by atoms with Gasteiger partial charge in [0.25, 0.3) is 0 Å². The van der Waals surface area contributed by atoms with Gasteiger partial charge in [-0.1, -0.05) is 81.4 Å². The second kappa shape index (κ2) is 7.78. The molecule has 0 amide bonds. The van der Waals surface area contributed by atoms with Crippen LogP contribution in [0.2, 0.25) is 0 Å². The van der Waals surface area contributed by atoms with Crippen molar-refractivity contribution in [3.8, 4) is 0 Å². The van der Waals surface area contributed by atoms with Crippen molar-refractivity contribution in [2.45, 2.75) is 20.8 Å². The Labute approximate surface area is 129 Å². The molecule has 2 aromatic carbocycles. The minimum atomic E-state index is -0.715. The van der Waals surface area contributed by atoms with E-state index in [0.29, 0.717) is 0 Å². The summed E-state index contributed by atoms with van der Waals surface area (Å²) in [6.45, 7) is 7.38. The predicted molar refractivity (Wildman–Crippen MR) is 91.7 cm³/mol. The molecule has 1 nitrogen and oxygen atoms in total. The van der Waals surface area contributed by atoms with Crippen LogP contribution in [0.25, 0.3) is 0 Å². The molecule has 20 heavy (non-hydrogen) atoms. The Bertz CT molecular complexity index is 454. The molecule has 0 bridgehead atoms. The van der Waals surface area contributed by atoms with Crippen LogP contribution < -0.4 is 10.6 Å². The highest BCUT2D eigenvalue weighted by Crippen LogP contribution is 2.36. The van der Waals surface area contributed by atoms with Crippen molar-refractivity contribution in [2.24, 2.45) is 5.41 Å². The average molecular weight is 309 g/mol. The molecule has 0 aliphatic rings. The van der Waals surface area contributed by atoms with E-state index in [2.05, 4.69) is 69.3 Å². The molecule has 0 atom stereocenters. The fourth-order valence-corrected chi connectivity index (χ4v) is 3.68. The van der Waals surface area contributed by atoms with Gasteiger partial charge in [0, 0.05) is 10.6 Å². The quantitative estimate of drug-likeness (QED) is 0.755. The van der Waals surface area contributed by atoms with Crippen molar-refractivity contribution in [1.29, 1.82) is 0 Å². The minimum absolute atomic E-state index is 0. The normalized spacial score (nSPS) is 11.2. The second-order valence-electron chi connectivity index (χ2n) is 5.80. The highest BCUT2D eigenvalue weighted by atomic mass is 35.5. The average Bonchev–Trinajstić information content (AvgIpc) is 2.40. The summed E-state index contributed by atoms with van der Waals surface area (Å²) in [6, 6.07) is 21.0. The fourth-order valence-electron chi connectivity index (χ4n) is 1.68. The summed E-state index contributed by atoms with van der Waals surface area (Å²) in [5.74, 6) is 0. The zero-order valence-electron chi connectivity index (χ0n) is 12.2. The minimum Gasteiger partial charge on any atom is -0.349 e. The van der Waals surface area contributed by atoms with Crippen LogP contribution in [0.3, 0.4) is 0 Å². The highest BCUT2D eigenvalue weighted by Gasteiger charge is 2.18. The Morgan fingerprint density at radius 1 is 0.800 bits per heavy atom. The summed E-state index contributed by atoms with van der Waals surface area (Å²) in [5, 5.41) is 2.54. The summed E-state index contributed by atoms with van der Waals surface area (Å²) in [7, 11) is -0.715. The molecular weight excluding hydrogens is 287 g/mol. The zero-order valence-corrected chi connectivity index (χ0v) is 14.0. The predicted octanol–water partition coefficient (Wildman–Crippen LogP) is 4.52. The molecule has 0 radical (unpaired) electrons. The van der Waals surface area contributed by atoms with Gasteiger partial charge in [0.15, 0.2) is 0 Å². The summed E-state index contributed by atoms with van der Waals surface area (Å²) in [6.07, 6.45) is 0. The number of hydrogen-bond acceptors (Lipinski definition) is 1. The highest BCUT2D eigenvalue weighted by molar-refractivity contribution is 7.68. The van der Waals surface area contributed by atoms with Crippen LogP contribution in [0.5, 0.6) is 0 Å². The fraction of sp³-hybridized carbons (Fsp3) is 0.294. The summed E-state index contributed by atoms with van der Waals surface area (Å²) in [5.41, 5.74) is 0.185. The lowest BCUT2D eigenvalue weighted by Gasteiger charge is -2.24. The van der Waals surface area contributed by atoms with Crippen LogP contribution in [0, 0.1) is 5.41 Å². The van der Waals surface area contributed by atoms with E-state index in [0.717, 1.165) is 6.61 Å². The Balaban J connectivity index is 0.00000200. The third kappa shape index (κ3) is 5.25. The number of halogens is 1. The van der Waals surface area contributed by atoms with E-state index in [-0.39, 0.29) is 17.8 Å². The molecule has 0 fully saturated rings. The second-order valence-corrected chi connectivity index (χ2v) is 7.68. The summed E-state index contributed by atoms with van der Waals surface area (Å²) in [4.78, 5) is 0. The van der Waals surface area contributed by atoms with Crippen molar-refractivity contribution in [2.75, 3.05) is 6.61 Å². The Kier molecular flexibility index (Phi) is 6.68. The molecule has 0 N–H and O–H groups in total. The third-order valence-electron chi connectivity index (χ3n) is 2.61. The van der Waals surface area contributed by atoms with Gasteiger partial charge < -0.3 is 4.52 Å². The molecule has 0 heterocycles. The molecule has 0 unspecified atom stereocenters. The molecule has 0 saturated carbocycles. The van der Waals surface area contributed by atoms with Gasteiger partial charge >= 0.3 is 0 Å². The van der Waals surface area contributed by atoms with Gasteiger partial charge in [-0.3, -0.25) is 0 Å². The largest absolute Gasteiger partial charge is 0.349 e. The van der Waals surface area contributed by atoms with E-state index < -0.39 is 8.15 Å². The van der Waals surface area contributed by atoms with E-state index in [9.17, 15) is 0 Å². The molecule has 2 aromatic rings. The van der Waals surface area contributed by atoms with Gasteiger partial charge in [-0.2, -0.15) is 0 Å². The van der Waals surface area contributed by atoms with Crippen LogP contribution in [0.15, 0.2) is 60.7 Å². The smallest absolute Gasteiger partial charge is 0.0917 e. The van der Waals surface area contributed by atoms with Crippen LogP contribution in [0.1, 0.15) is 20.8 Å². The molecule has 3 heteroatoms. The van der Waals surface area contributed by atoms with Gasteiger partial charge in [0.1, 0.15) is 0 Å². The van der Waals surface area contributed by atoms with Gasteiger partial charge in [-0.05, 0) is 5.41 Å². The summed E-state index contributed by atoms with van der Waals surface area (Å²) >= 11 is 0. The topological polar surface area (TPSA) is 9.23 Å². The van der Waals surface area contributed by atoms with E-state index in [1.54, 1.807) is 0 Å². The van der Waals surface area contributed by atoms with Crippen molar-refractivity contribution < 1.29 is 4.52 Å². The first-order valence-corrected chi connectivity index (χ1v) is 7.85. The van der Waals surface area contributed by atoms with Crippen molar-refractivity contribution in [3.05, 3.63) is 60.7 Å².